The molecule has 0 heterocycles. The molecule has 9 heteroatoms. The monoisotopic (exact) mass is 452 g/mol. The van der Waals surface area contributed by atoms with Crippen LogP contribution in [0, 0.1) is 5.82 Å². The van der Waals surface area contributed by atoms with Crippen LogP contribution in [-0.4, -0.2) is 41.6 Å². The van der Waals surface area contributed by atoms with Crippen LogP contribution in [0.1, 0.15) is 19.3 Å². The highest BCUT2D eigenvalue weighted by Gasteiger charge is 2.71. The van der Waals surface area contributed by atoms with Crippen molar-refractivity contribution in [3.05, 3.63) is 58.3 Å². The summed E-state index contributed by atoms with van der Waals surface area (Å²) in [5, 5.41) is 3.43. The second-order valence-corrected chi connectivity index (χ2v) is 8.68. The molecule has 158 valence electrons. The molecule has 30 heavy (non-hydrogen) atoms. The smallest absolute Gasteiger partial charge is 0.415 e. The van der Waals surface area contributed by atoms with Crippen LogP contribution in [0.15, 0.2) is 42.5 Å². The van der Waals surface area contributed by atoms with Crippen molar-refractivity contribution in [3.63, 3.8) is 0 Å². The number of carbonyl (C=O) groups is 2. The fourth-order valence-electron chi connectivity index (χ4n) is 4.16. The van der Waals surface area contributed by atoms with Gasteiger partial charge in [-0.25, -0.2) is 9.18 Å². The standard InChI is InChI=1S/C21H19Cl2FN2O4/c1-26(19(28)30-15-4-2-3-13(22)7-15)21-10-20(11-21,12-21)25-18(27)9-29-14-5-6-16(23)17(24)8-14/h2-8H,9-12H2,1H3,(H,25,27). The Balaban J connectivity index is 1.25. The molecule has 0 saturated heterocycles. The highest BCUT2D eigenvalue weighted by Crippen LogP contribution is 2.63. The molecule has 5 rings (SSSR count). The van der Waals surface area contributed by atoms with Gasteiger partial charge in [-0.1, -0.05) is 29.3 Å². The first-order valence-corrected chi connectivity index (χ1v) is 10.1. The molecule has 3 aliphatic rings. The molecule has 3 fully saturated rings. The fraction of sp³-hybridized carbons (Fsp3) is 0.333. The molecule has 0 radical (unpaired) electrons. The maximum Gasteiger partial charge on any atom is 0.415 e. The molecule has 2 aromatic carbocycles. The summed E-state index contributed by atoms with van der Waals surface area (Å²) in [4.78, 5) is 26.2. The van der Waals surface area contributed by atoms with Gasteiger partial charge >= 0.3 is 6.09 Å². The van der Waals surface area contributed by atoms with Crippen LogP contribution in [0.25, 0.3) is 0 Å². The Kier molecular flexibility index (Phi) is 5.28. The van der Waals surface area contributed by atoms with Gasteiger partial charge in [0.25, 0.3) is 5.91 Å². The lowest BCUT2D eigenvalue weighted by molar-refractivity contribution is -0.166. The van der Waals surface area contributed by atoms with Gasteiger partial charge in [-0.05, 0) is 49.6 Å². The normalized spacial score (nSPS) is 23.6. The summed E-state index contributed by atoms with van der Waals surface area (Å²) >= 11 is 11.5. The molecule has 0 aromatic heterocycles. The van der Waals surface area contributed by atoms with E-state index in [1.54, 1.807) is 36.2 Å². The van der Waals surface area contributed by atoms with Crippen molar-refractivity contribution in [1.29, 1.82) is 0 Å². The Morgan fingerprint density at radius 1 is 1.13 bits per heavy atom. The summed E-state index contributed by atoms with van der Waals surface area (Å²) < 4.78 is 24.1. The number of nitrogens with one attached hydrogen (secondary N) is 1. The minimum Gasteiger partial charge on any atom is -0.484 e. The summed E-state index contributed by atoms with van der Waals surface area (Å²) in [5.74, 6) is -0.305. The van der Waals surface area contributed by atoms with Crippen LogP contribution in [0.2, 0.25) is 10.0 Å². The van der Waals surface area contributed by atoms with E-state index in [1.807, 2.05) is 0 Å². The van der Waals surface area contributed by atoms with E-state index in [1.165, 1.54) is 12.1 Å². The second-order valence-electron chi connectivity index (χ2n) is 7.83. The molecule has 3 saturated carbocycles. The van der Waals surface area contributed by atoms with Crippen LogP contribution < -0.4 is 14.8 Å². The van der Waals surface area contributed by atoms with Gasteiger partial charge in [0.15, 0.2) is 6.61 Å². The summed E-state index contributed by atoms with van der Waals surface area (Å²) in [5.41, 5.74) is -0.653. The number of benzene rings is 2. The zero-order chi connectivity index (χ0) is 21.5. The lowest BCUT2D eigenvalue weighted by Crippen LogP contribution is -2.84. The molecule has 1 N–H and O–H groups in total. The number of carbonyl (C=O) groups excluding carboxylic acids is 2. The molecule has 3 aliphatic carbocycles. The molecule has 0 spiro atoms. The van der Waals surface area contributed by atoms with E-state index in [4.69, 9.17) is 32.7 Å². The number of halogens is 3. The molecular weight excluding hydrogens is 434 g/mol. The van der Waals surface area contributed by atoms with Crippen molar-refractivity contribution < 1.29 is 23.5 Å². The average molecular weight is 453 g/mol. The minimum atomic E-state index is -0.608. The predicted molar refractivity (Wildman–Crippen MR) is 110 cm³/mol. The SMILES string of the molecule is CN(C(=O)Oc1cccc(Cl)c1)C12CC(NC(=O)COc3ccc(Cl)c(F)c3)(C1)C2. The Morgan fingerprint density at radius 3 is 2.53 bits per heavy atom. The van der Waals surface area contributed by atoms with Gasteiger partial charge in [0.2, 0.25) is 0 Å². The third kappa shape index (κ3) is 3.91. The zero-order valence-electron chi connectivity index (χ0n) is 16.1. The quantitative estimate of drug-likeness (QED) is 0.703. The summed E-state index contributed by atoms with van der Waals surface area (Å²) in [6, 6.07) is 10.6. The number of hydrogen-bond donors (Lipinski definition) is 1. The summed E-state index contributed by atoms with van der Waals surface area (Å²) in [6.45, 7) is -0.234. The number of nitrogens with zero attached hydrogens (tertiary/aromatic N) is 1. The van der Waals surface area contributed by atoms with Crippen LogP contribution >= 0.6 is 23.2 Å². The van der Waals surface area contributed by atoms with Gasteiger partial charge in [-0.15, -0.1) is 0 Å². The van der Waals surface area contributed by atoms with Gasteiger partial charge in [0.1, 0.15) is 17.3 Å². The molecule has 2 amide bonds. The van der Waals surface area contributed by atoms with E-state index in [2.05, 4.69) is 5.32 Å². The second kappa shape index (κ2) is 7.63. The maximum atomic E-state index is 13.4. The van der Waals surface area contributed by atoms with E-state index in [0.29, 0.717) is 30.0 Å². The highest BCUT2D eigenvalue weighted by molar-refractivity contribution is 6.31. The number of hydrogen-bond acceptors (Lipinski definition) is 4. The first-order valence-electron chi connectivity index (χ1n) is 9.30. The number of amides is 2. The summed E-state index contributed by atoms with van der Waals surface area (Å²) in [6.07, 6.45) is 1.46. The van der Waals surface area contributed by atoms with Gasteiger partial charge in [0.05, 0.1) is 10.6 Å². The molecule has 6 nitrogen and oxygen atoms in total. The fourth-order valence-corrected chi connectivity index (χ4v) is 4.46. The number of ether oxygens (including phenoxy) is 2. The Bertz CT molecular complexity index is 996. The molecule has 0 unspecified atom stereocenters. The van der Waals surface area contributed by atoms with Crippen molar-refractivity contribution >= 4 is 35.2 Å². The minimum absolute atomic E-state index is 0.0102. The van der Waals surface area contributed by atoms with Crippen molar-refractivity contribution in [2.45, 2.75) is 30.3 Å². The average Bonchev–Trinajstić information content (AvgIpc) is 2.64. The van der Waals surface area contributed by atoms with Gasteiger partial charge in [0, 0.05) is 23.7 Å². The molecule has 2 bridgehead atoms. The van der Waals surface area contributed by atoms with Crippen molar-refractivity contribution in [2.75, 3.05) is 13.7 Å². The van der Waals surface area contributed by atoms with E-state index in [-0.39, 0.29) is 34.4 Å². The maximum absolute atomic E-state index is 13.4. The van der Waals surface area contributed by atoms with Gasteiger partial charge < -0.3 is 19.7 Å². The topological polar surface area (TPSA) is 67.9 Å². The third-order valence-corrected chi connectivity index (χ3v) is 6.20. The van der Waals surface area contributed by atoms with E-state index in [0.717, 1.165) is 6.07 Å². The van der Waals surface area contributed by atoms with Crippen LogP contribution in [0.5, 0.6) is 11.5 Å². The third-order valence-electron chi connectivity index (χ3n) is 5.65. The zero-order valence-corrected chi connectivity index (χ0v) is 17.6. The lowest BCUT2D eigenvalue weighted by atomic mass is 9.43. The van der Waals surface area contributed by atoms with Gasteiger partial charge in [-0.2, -0.15) is 0 Å². The first kappa shape index (κ1) is 20.8. The Hall–Kier alpha value is -2.51. The van der Waals surface area contributed by atoms with E-state index < -0.39 is 11.9 Å². The van der Waals surface area contributed by atoms with E-state index >= 15 is 0 Å². The summed E-state index contributed by atoms with van der Waals surface area (Å²) in [7, 11) is 1.69. The van der Waals surface area contributed by atoms with Crippen LogP contribution in [0.4, 0.5) is 9.18 Å². The van der Waals surface area contributed by atoms with Crippen molar-refractivity contribution in [1.82, 2.24) is 10.2 Å². The van der Waals surface area contributed by atoms with Crippen molar-refractivity contribution in [2.24, 2.45) is 0 Å². The molecule has 2 aromatic rings. The lowest BCUT2D eigenvalue weighted by Gasteiger charge is -2.72. The largest absolute Gasteiger partial charge is 0.484 e. The molecule has 0 atom stereocenters. The Labute approximate surface area is 182 Å². The molecule has 0 aliphatic heterocycles. The Morgan fingerprint density at radius 2 is 1.87 bits per heavy atom. The van der Waals surface area contributed by atoms with Crippen LogP contribution in [0.3, 0.4) is 0 Å². The predicted octanol–water partition coefficient (Wildman–Crippen LogP) is 4.43. The van der Waals surface area contributed by atoms with E-state index in [9.17, 15) is 14.0 Å². The van der Waals surface area contributed by atoms with Crippen LogP contribution in [-0.2, 0) is 4.79 Å². The molecular formula is C21H19Cl2FN2O4. The highest BCUT2D eigenvalue weighted by atomic mass is 35.5. The first-order chi connectivity index (χ1) is 14.2. The number of rotatable bonds is 6. The van der Waals surface area contributed by atoms with Crippen molar-refractivity contribution in [3.8, 4) is 11.5 Å². The van der Waals surface area contributed by atoms with Gasteiger partial charge in [-0.3, -0.25) is 4.79 Å².